The zero-order valence-electron chi connectivity index (χ0n) is 14.2. The van der Waals surface area contributed by atoms with Crippen molar-refractivity contribution in [2.75, 3.05) is 6.54 Å². The first kappa shape index (κ1) is 17.5. The molecule has 1 aliphatic heterocycles. The van der Waals surface area contributed by atoms with Crippen LogP contribution in [0.1, 0.15) is 30.6 Å². The standard InChI is InChI=1S/C19H18ClFN2O2S/c1-2-18-19-14(13-5-3-4-6-17(13)22-19)9-10-23(18)26(24,25)12-7-8-16(21)15(20)11-12/h3-8,11,18,22H,2,9-10H2,1H3. The van der Waals surface area contributed by atoms with Crippen LogP contribution in [0.15, 0.2) is 47.4 Å². The van der Waals surface area contributed by atoms with E-state index in [1.165, 1.54) is 22.0 Å². The number of sulfonamides is 1. The maximum absolute atomic E-state index is 13.4. The number of para-hydroxylation sites is 1. The van der Waals surface area contributed by atoms with Crippen LogP contribution in [-0.4, -0.2) is 24.3 Å². The van der Waals surface area contributed by atoms with E-state index in [4.69, 9.17) is 11.6 Å². The summed E-state index contributed by atoms with van der Waals surface area (Å²) < 4.78 is 41.3. The van der Waals surface area contributed by atoms with Crippen LogP contribution in [0, 0.1) is 5.82 Å². The average molecular weight is 393 g/mol. The van der Waals surface area contributed by atoms with Gasteiger partial charge in [-0.3, -0.25) is 0 Å². The molecule has 2 heterocycles. The molecule has 1 N–H and O–H groups in total. The lowest BCUT2D eigenvalue weighted by Crippen LogP contribution is -2.39. The predicted octanol–water partition coefficient (Wildman–Crippen LogP) is 4.66. The Morgan fingerprint density at radius 3 is 2.77 bits per heavy atom. The second kappa shape index (κ2) is 6.37. The minimum absolute atomic E-state index is 0.0157. The molecule has 0 saturated heterocycles. The van der Waals surface area contributed by atoms with Crippen molar-refractivity contribution in [1.29, 1.82) is 0 Å². The molecular weight excluding hydrogens is 375 g/mol. The Hall–Kier alpha value is -1.89. The summed E-state index contributed by atoms with van der Waals surface area (Å²) in [5, 5.41) is 0.949. The van der Waals surface area contributed by atoms with Gasteiger partial charge in [0.15, 0.2) is 0 Å². The van der Waals surface area contributed by atoms with E-state index in [2.05, 4.69) is 11.1 Å². The van der Waals surface area contributed by atoms with Gasteiger partial charge in [-0.25, -0.2) is 12.8 Å². The van der Waals surface area contributed by atoms with Gasteiger partial charge in [0, 0.05) is 23.1 Å². The summed E-state index contributed by atoms with van der Waals surface area (Å²) in [5.41, 5.74) is 3.13. The molecule has 0 bridgehead atoms. The maximum atomic E-state index is 13.4. The molecule has 0 aliphatic carbocycles. The number of nitrogens with one attached hydrogen (secondary N) is 1. The highest BCUT2D eigenvalue weighted by atomic mass is 35.5. The Morgan fingerprint density at radius 2 is 2.04 bits per heavy atom. The molecule has 0 amide bonds. The molecule has 1 aliphatic rings. The normalized spacial score (nSPS) is 18.2. The van der Waals surface area contributed by atoms with E-state index in [1.807, 2.05) is 25.1 Å². The molecule has 1 unspecified atom stereocenters. The average Bonchev–Trinajstić information content (AvgIpc) is 3.01. The van der Waals surface area contributed by atoms with Gasteiger partial charge in [0.2, 0.25) is 10.0 Å². The van der Waals surface area contributed by atoms with Gasteiger partial charge in [-0.15, -0.1) is 0 Å². The van der Waals surface area contributed by atoms with Crippen molar-refractivity contribution < 1.29 is 12.8 Å². The first-order valence-corrected chi connectivity index (χ1v) is 10.3. The fraction of sp³-hybridized carbons (Fsp3) is 0.263. The molecule has 0 fully saturated rings. The summed E-state index contributed by atoms with van der Waals surface area (Å²) in [7, 11) is -3.78. The highest BCUT2D eigenvalue weighted by Crippen LogP contribution is 2.39. The molecule has 0 spiro atoms. The molecule has 4 nitrogen and oxygen atoms in total. The van der Waals surface area contributed by atoms with E-state index in [0.717, 1.165) is 22.7 Å². The van der Waals surface area contributed by atoms with Crippen LogP contribution in [0.25, 0.3) is 10.9 Å². The van der Waals surface area contributed by atoms with Crippen molar-refractivity contribution in [1.82, 2.24) is 9.29 Å². The zero-order chi connectivity index (χ0) is 18.5. The lowest BCUT2D eigenvalue weighted by atomic mass is 9.98. The first-order chi connectivity index (χ1) is 12.4. The number of fused-ring (bicyclic) bond motifs is 3. The van der Waals surface area contributed by atoms with Crippen molar-refractivity contribution in [3.63, 3.8) is 0 Å². The second-order valence-corrected chi connectivity index (χ2v) is 8.73. The lowest BCUT2D eigenvalue weighted by molar-refractivity contribution is 0.297. The third-order valence-corrected chi connectivity index (χ3v) is 7.19. The molecule has 7 heteroatoms. The molecule has 3 aromatic rings. The number of halogens is 2. The van der Waals surface area contributed by atoms with Gasteiger partial charge in [-0.2, -0.15) is 4.31 Å². The predicted molar refractivity (Wildman–Crippen MR) is 100 cm³/mol. The van der Waals surface area contributed by atoms with Gasteiger partial charge in [-0.1, -0.05) is 36.7 Å². The van der Waals surface area contributed by atoms with Gasteiger partial charge in [-0.05, 0) is 42.7 Å². The largest absolute Gasteiger partial charge is 0.357 e. The summed E-state index contributed by atoms with van der Waals surface area (Å²) in [4.78, 5) is 3.41. The van der Waals surface area contributed by atoms with E-state index in [0.29, 0.717) is 19.4 Å². The van der Waals surface area contributed by atoms with Crippen LogP contribution in [0.2, 0.25) is 5.02 Å². The van der Waals surface area contributed by atoms with E-state index in [9.17, 15) is 12.8 Å². The highest BCUT2D eigenvalue weighted by molar-refractivity contribution is 7.89. The van der Waals surface area contributed by atoms with E-state index < -0.39 is 15.8 Å². The minimum atomic E-state index is -3.78. The second-order valence-electron chi connectivity index (χ2n) is 6.43. The van der Waals surface area contributed by atoms with Gasteiger partial charge < -0.3 is 4.98 Å². The Morgan fingerprint density at radius 1 is 1.27 bits per heavy atom. The molecule has 1 atom stereocenters. The monoisotopic (exact) mass is 392 g/mol. The minimum Gasteiger partial charge on any atom is -0.357 e. The Balaban J connectivity index is 1.81. The van der Waals surface area contributed by atoms with Crippen LogP contribution in [-0.2, 0) is 16.4 Å². The molecule has 4 rings (SSSR count). The van der Waals surface area contributed by atoms with Crippen LogP contribution < -0.4 is 0 Å². The van der Waals surface area contributed by atoms with Crippen LogP contribution in [0.5, 0.6) is 0 Å². The number of rotatable bonds is 3. The van der Waals surface area contributed by atoms with Crippen LogP contribution in [0.3, 0.4) is 0 Å². The summed E-state index contributed by atoms with van der Waals surface area (Å²) >= 11 is 5.80. The Bertz CT molecular complexity index is 1090. The van der Waals surface area contributed by atoms with E-state index >= 15 is 0 Å². The smallest absolute Gasteiger partial charge is 0.243 e. The van der Waals surface area contributed by atoms with Crippen molar-refractivity contribution >= 4 is 32.5 Å². The molecular formula is C19H18ClFN2O2S. The first-order valence-electron chi connectivity index (χ1n) is 8.50. The Labute approximate surface area is 156 Å². The summed E-state index contributed by atoms with van der Waals surface area (Å²) in [6, 6.07) is 11.2. The van der Waals surface area contributed by atoms with Crippen molar-refractivity contribution in [2.24, 2.45) is 0 Å². The molecule has 2 aromatic carbocycles. The van der Waals surface area contributed by atoms with Gasteiger partial charge in [0.1, 0.15) is 5.82 Å². The number of H-pyrrole nitrogens is 1. The molecule has 136 valence electrons. The summed E-state index contributed by atoms with van der Waals surface area (Å²) in [5.74, 6) is -0.630. The quantitative estimate of drug-likeness (QED) is 0.704. The van der Waals surface area contributed by atoms with Crippen molar-refractivity contribution in [3.05, 3.63) is 64.6 Å². The molecule has 1 aromatic heterocycles. The zero-order valence-corrected chi connectivity index (χ0v) is 15.7. The fourth-order valence-electron chi connectivity index (χ4n) is 3.76. The van der Waals surface area contributed by atoms with Gasteiger partial charge in [0.25, 0.3) is 0 Å². The van der Waals surface area contributed by atoms with Crippen molar-refractivity contribution in [3.8, 4) is 0 Å². The third-order valence-electron chi connectivity index (χ3n) is 4.99. The number of hydrogen-bond acceptors (Lipinski definition) is 2. The fourth-order valence-corrected chi connectivity index (χ4v) is 5.71. The molecule has 0 radical (unpaired) electrons. The third kappa shape index (κ3) is 2.64. The van der Waals surface area contributed by atoms with Crippen LogP contribution >= 0.6 is 11.6 Å². The molecule has 26 heavy (non-hydrogen) atoms. The van der Waals surface area contributed by atoms with Crippen LogP contribution in [0.4, 0.5) is 4.39 Å². The van der Waals surface area contributed by atoms with Crippen molar-refractivity contribution in [2.45, 2.75) is 30.7 Å². The lowest BCUT2D eigenvalue weighted by Gasteiger charge is -2.34. The number of hydrogen-bond donors (Lipinski definition) is 1. The van der Waals surface area contributed by atoms with E-state index in [-0.39, 0.29) is 16.0 Å². The summed E-state index contributed by atoms with van der Waals surface area (Å²) in [6.07, 6.45) is 1.26. The van der Waals surface area contributed by atoms with Gasteiger partial charge in [0.05, 0.1) is 16.0 Å². The number of nitrogens with zero attached hydrogens (tertiary/aromatic N) is 1. The SMILES string of the molecule is CCC1c2[nH]c3ccccc3c2CCN1S(=O)(=O)c1ccc(F)c(Cl)c1. The highest BCUT2D eigenvalue weighted by Gasteiger charge is 2.37. The number of benzene rings is 2. The number of aromatic amines is 1. The molecule has 0 saturated carbocycles. The topological polar surface area (TPSA) is 53.2 Å². The van der Waals surface area contributed by atoms with E-state index in [1.54, 1.807) is 0 Å². The summed E-state index contributed by atoms with van der Waals surface area (Å²) in [6.45, 7) is 2.34. The van der Waals surface area contributed by atoms with Gasteiger partial charge >= 0.3 is 0 Å². The maximum Gasteiger partial charge on any atom is 0.243 e. The number of aromatic nitrogens is 1. The Kier molecular flexibility index (Phi) is 4.29.